The van der Waals surface area contributed by atoms with Crippen molar-refractivity contribution in [3.8, 4) is 5.75 Å². The van der Waals surface area contributed by atoms with E-state index in [4.69, 9.17) is 10.5 Å². The molecule has 0 aromatic heterocycles. The Kier molecular flexibility index (Phi) is 5.71. The van der Waals surface area contributed by atoms with E-state index in [9.17, 15) is 9.18 Å². The normalized spacial score (nSPS) is 12.0. The van der Waals surface area contributed by atoms with Crippen molar-refractivity contribution < 1.29 is 13.9 Å². The van der Waals surface area contributed by atoms with Gasteiger partial charge in [-0.3, -0.25) is 4.79 Å². The van der Waals surface area contributed by atoms with E-state index < -0.39 is 6.04 Å². The molecule has 0 aliphatic heterocycles. The van der Waals surface area contributed by atoms with Crippen LogP contribution in [-0.4, -0.2) is 11.9 Å². The molecule has 0 saturated carbocycles. The molecule has 4 nitrogen and oxygen atoms in total. The summed E-state index contributed by atoms with van der Waals surface area (Å²) in [5, 5.41) is 3.05. The first-order valence-corrected chi connectivity index (χ1v) is 7.45. The van der Waals surface area contributed by atoms with Crippen LogP contribution in [0.5, 0.6) is 5.75 Å². The maximum Gasteiger partial charge on any atom is 0.234 e. The van der Waals surface area contributed by atoms with Crippen molar-refractivity contribution in [2.45, 2.75) is 33.0 Å². The largest absolute Gasteiger partial charge is 0.489 e. The smallest absolute Gasteiger partial charge is 0.234 e. The minimum absolute atomic E-state index is 0.277. The topological polar surface area (TPSA) is 64.3 Å². The number of aryl methyl sites for hydroxylation is 1. The number of hydrogen-bond donors (Lipinski definition) is 2. The quantitative estimate of drug-likeness (QED) is 0.825. The molecular weight excluding hydrogens is 295 g/mol. The van der Waals surface area contributed by atoms with Gasteiger partial charge < -0.3 is 15.8 Å². The van der Waals surface area contributed by atoms with E-state index in [2.05, 4.69) is 5.32 Å². The molecule has 1 atom stereocenters. The average Bonchev–Trinajstić information content (AvgIpc) is 2.52. The lowest BCUT2D eigenvalue weighted by Gasteiger charge is -2.13. The Morgan fingerprint density at radius 2 is 2.04 bits per heavy atom. The molecular formula is C18H21FN2O2. The molecule has 0 aliphatic rings. The fraction of sp³-hybridized carbons (Fsp3) is 0.278. The molecule has 1 unspecified atom stereocenters. The zero-order valence-electron chi connectivity index (χ0n) is 13.3. The fourth-order valence-electron chi connectivity index (χ4n) is 2.07. The summed E-state index contributed by atoms with van der Waals surface area (Å²) < 4.78 is 19.0. The van der Waals surface area contributed by atoms with Gasteiger partial charge in [0.15, 0.2) is 0 Å². The van der Waals surface area contributed by atoms with Crippen LogP contribution in [0.25, 0.3) is 0 Å². The third-order valence-corrected chi connectivity index (χ3v) is 3.58. The first kappa shape index (κ1) is 17.0. The van der Waals surface area contributed by atoms with Crippen molar-refractivity contribution in [1.82, 2.24) is 5.32 Å². The highest BCUT2D eigenvalue weighted by Gasteiger charge is 2.08. The van der Waals surface area contributed by atoms with E-state index in [1.54, 1.807) is 13.0 Å². The van der Waals surface area contributed by atoms with Crippen molar-refractivity contribution in [2.75, 3.05) is 0 Å². The van der Waals surface area contributed by atoms with Crippen molar-refractivity contribution in [1.29, 1.82) is 0 Å². The number of ether oxygens (including phenoxy) is 1. The Morgan fingerprint density at radius 1 is 1.26 bits per heavy atom. The number of rotatable bonds is 7. The zero-order valence-corrected chi connectivity index (χ0v) is 13.3. The molecule has 0 heterocycles. The first-order chi connectivity index (χ1) is 11.0. The third kappa shape index (κ3) is 5.07. The van der Waals surface area contributed by atoms with Gasteiger partial charge in [-0.2, -0.15) is 0 Å². The summed E-state index contributed by atoms with van der Waals surface area (Å²) in [6.45, 7) is 4.48. The monoisotopic (exact) mass is 316 g/mol. The fourth-order valence-corrected chi connectivity index (χ4v) is 2.07. The molecule has 0 spiro atoms. The van der Waals surface area contributed by atoms with Crippen LogP contribution in [-0.2, 0) is 17.9 Å². The molecule has 0 bridgehead atoms. The minimum Gasteiger partial charge on any atom is -0.489 e. The van der Waals surface area contributed by atoms with Crippen LogP contribution in [0.15, 0.2) is 42.5 Å². The van der Waals surface area contributed by atoms with Crippen LogP contribution in [0, 0.1) is 12.7 Å². The third-order valence-electron chi connectivity index (χ3n) is 3.58. The van der Waals surface area contributed by atoms with Crippen LogP contribution < -0.4 is 15.8 Å². The zero-order chi connectivity index (χ0) is 16.8. The molecule has 1 amide bonds. The summed E-state index contributed by atoms with van der Waals surface area (Å²) in [6, 6.07) is 11.8. The second-order valence-electron chi connectivity index (χ2n) is 5.52. The summed E-state index contributed by atoms with van der Waals surface area (Å²) in [4.78, 5) is 11.0. The van der Waals surface area contributed by atoms with Crippen molar-refractivity contribution >= 4 is 5.91 Å². The molecule has 5 heteroatoms. The van der Waals surface area contributed by atoms with E-state index >= 15 is 0 Å². The number of halogens is 1. The summed E-state index contributed by atoms with van der Waals surface area (Å²) >= 11 is 0. The maximum absolute atomic E-state index is 13.2. The first-order valence-electron chi connectivity index (χ1n) is 7.45. The number of nitrogens with one attached hydrogen (secondary N) is 1. The average molecular weight is 316 g/mol. The maximum atomic E-state index is 13.2. The van der Waals surface area contributed by atoms with Crippen molar-refractivity contribution in [3.63, 3.8) is 0 Å². The van der Waals surface area contributed by atoms with E-state index in [0.29, 0.717) is 13.2 Å². The van der Waals surface area contributed by atoms with Crippen LogP contribution in [0.4, 0.5) is 4.39 Å². The van der Waals surface area contributed by atoms with Gasteiger partial charge in [0.25, 0.3) is 0 Å². The van der Waals surface area contributed by atoms with Gasteiger partial charge in [0.1, 0.15) is 18.2 Å². The Hall–Kier alpha value is -2.40. The molecule has 2 aromatic carbocycles. The Bertz CT molecular complexity index is 688. The second kappa shape index (κ2) is 7.74. The Labute approximate surface area is 135 Å². The lowest BCUT2D eigenvalue weighted by molar-refractivity contribution is -0.119. The van der Waals surface area contributed by atoms with Gasteiger partial charge in [0.05, 0.1) is 6.04 Å². The summed E-state index contributed by atoms with van der Waals surface area (Å²) in [5.74, 6) is 0.0705. The number of nitrogens with two attached hydrogens (primary N) is 1. The van der Waals surface area contributed by atoms with E-state index in [1.165, 1.54) is 12.1 Å². The highest BCUT2D eigenvalue weighted by Crippen LogP contribution is 2.21. The summed E-state index contributed by atoms with van der Waals surface area (Å²) in [7, 11) is 0. The van der Waals surface area contributed by atoms with Crippen LogP contribution in [0.1, 0.15) is 23.6 Å². The highest BCUT2D eigenvalue weighted by molar-refractivity contribution is 5.79. The standard InChI is InChI=1S/C18H21FN2O2/c1-12-6-7-14(10-21-13(2)18(20)22)9-17(12)23-11-15-4-3-5-16(19)8-15/h3-9,13,21H,10-11H2,1-2H3,(H2,20,22). The van der Waals surface area contributed by atoms with E-state index in [-0.39, 0.29) is 11.7 Å². The lowest BCUT2D eigenvalue weighted by atomic mass is 10.1. The van der Waals surface area contributed by atoms with Gasteiger partial charge in [-0.1, -0.05) is 24.3 Å². The van der Waals surface area contributed by atoms with E-state index in [0.717, 1.165) is 22.4 Å². The van der Waals surface area contributed by atoms with Gasteiger partial charge in [-0.25, -0.2) is 4.39 Å². The van der Waals surface area contributed by atoms with Crippen LogP contribution in [0.3, 0.4) is 0 Å². The lowest BCUT2D eigenvalue weighted by Crippen LogP contribution is -2.38. The predicted molar refractivity (Wildman–Crippen MR) is 87.4 cm³/mol. The predicted octanol–water partition coefficient (Wildman–Crippen LogP) is 2.68. The molecule has 122 valence electrons. The number of benzene rings is 2. The van der Waals surface area contributed by atoms with Gasteiger partial charge in [-0.15, -0.1) is 0 Å². The summed E-state index contributed by atoms with van der Waals surface area (Å²) in [6.07, 6.45) is 0. The van der Waals surface area contributed by atoms with Crippen molar-refractivity contribution in [2.24, 2.45) is 5.73 Å². The van der Waals surface area contributed by atoms with Gasteiger partial charge in [0.2, 0.25) is 5.91 Å². The van der Waals surface area contributed by atoms with Gasteiger partial charge in [0, 0.05) is 6.54 Å². The molecule has 0 saturated heterocycles. The summed E-state index contributed by atoms with van der Waals surface area (Å²) in [5.41, 5.74) is 7.97. The number of amides is 1. The highest BCUT2D eigenvalue weighted by atomic mass is 19.1. The number of hydrogen-bond acceptors (Lipinski definition) is 3. The Morgan fingerprint density at radius 3 is 2.74 bits per heavy atom. The molecule has 0 aliphatic carbocycles. The number of carbonyl (C=O) groups is 1. The van der Waals surface area contributed by atoms with E-state index in [1.807, 2.05) is 31.2 Å². The SMILES string of the molecule is Cc1ccc(CNC(C)C(N)=O)cc1OCc1cccc(F)c1. The molecule has 0 fully saturated rings. The number of primary amides is 1. The minimum atomic E-state index is -0.395. The second-order valence-corrected chi connectivity index (χ2v) is 5.52. The molecule has 3 N–H and O–H groups in total. The van der Waals surface area contributed by atoms with Crippen LogP contribution in [0.2, 0.25) is 0 Å². The molecule has 2 rings (SSSR count). The van der Waals surface area contributed by atoms with Gasteiger partial charge >= 0.3 is 0 Å². The van der Waals surface area contributed by atoms with Crippen LogP contribution >= 0.6 is 0 Å². The van der Waals surface area contributed by atoms with Crippen molar-refractivity contribution in [3.05, 3.63) is 65.0 Å². The molecule has 23 heavy (non-hydrogen) atoms. The van der Waals surface area contributed by atoms with Gasteiger partial charge in [-0.05, 0) is 48.7 Å². The molecule has 0 radical (unpaired) electrons. The number of carbonyl (C=O) groups excluding carboxylic acids is 1. The molecule has 2 aromatic rings. The Balaban J connectivity index is 2.01.